The van der Waals surface area contributed by atoms with E-state index in [1.165, 1.54) is 4.68 Å². The van der Waals surface area contributed by atoms with Gasteiger partial charge in [-0.15, -0.1) is 0 Å². The molecule has 0 N–H and O–H groups in total. The van der Waals surface area contributed by atoms with Gasteiger partial charge in [0.1, 0.15) is 11.4 Å². The quantitative estimate of drug-likeness (QED) is 0.484. The summed E-state index contributed by atoms with van der Waals surface area (Å²) in [5.74, 6) is 0.637. The third-order valence-electron chi connectivity index (χ3n) is 6.38. The van der Waals surface area contributed by atoms with Crippen LogP contribution in [0.1, 0.15) is 13.8 Å². The molecule has 0 bridgehead atoms. The maximum absolute atomic E-state index is 13.6. The Hall–Kier alpha value is -3.65. The van der Waals surface area contributed by atoms with Crippen LogP contribution in [-0.4, -0.2) is 69.5 Å². The Morgan fingerprint density at radius 1 is 1.03 bits per heavy atom. The molecule has 5 rings (SSSR count). The van der Waals surface area contributed by atoms with E-state index in [0.717, 1.165) is 18.5 Å². The van der Waals surface area contributed by atoms with Crippen LogP contribution in [0.4, 0.5) is 4.79 Å². The first kappa shape index (κ1) is 21.2. The zero-order valence-electron chi connectivity index (χ0n) is 19.1. The minimum atomic E-state index is -0.250. The number of benzene rings is 2. The molecule has 0 aliphatic carbocycles. The zero-order valence-corrected chi connectivity index (χ0v) is 19.1. The van der Waals surface area contributed by atoms with Gasteiger partial charge in [0.05, 0.1) is 23.9 Å². The van der Waals surface area contributed by atoms with Gasteiger partial charge in [0.15, 0.2) is 0 Å². The van der Waals surface area contributed by atoms with Crippen molar-refractivity contribution in [3.8, 4) is 22.7 Å². The predicted molar refractivity (Wildman–Crippen MR) is 128 cm³/mol. The number of fused-ring (bicyclic) bond motifs is 3. The smallest absolute Gasteiger partial charge is 0.328 e. The molecule has 170 valence electrons. The lowest BCUT2D eigenvalue weighted by Crippen LogP contribution is -2.51. The van der Waals surface area contributed by atoms with Crippen LogP contribution in [0.2, 0.25) is 0 Å². The van der Waals surface area contributed by atoms with Crippen molar-refractivity contribution in [3.63, 3.8) is 0 Å². The number of methoxy groups -OCH3 is 1. The van der Waals surface area contributed by atoms with E-state index in [4.69, 9.17) is 4.74 Å². The molecule has 2 aromatic carbocycles. The van der Waals surface area contributed by atoms with Gasteiger partial charge in [-0.2, -0.15) is 9.78 Å². The van der Waals surface area contributed by atoms with Crippen molar-refractivity contribution in [2.75, 3.05) is 33.3 Å². The molecule has 0 aromatic heterocycles. The number of para-hydroxylation sites is 1. The summed E-state index contributed by atoms with van der Waals surface area (Å²) in [7, 11) is 1.59. The van der Waals surface area contributed by atoms with Gasteiger partial charge in [0.25, 0.3) is 5.56 Å². The Morgan fingerprint density at radius 3 is 2.42 bits per heavy atom. The Balaban J connectivity index is 1.66. The highest BCUT2D eigenvalue weighted by atomic mass is 16.5. The molecule has 1 saturated heterocycles. The van der Waals surface area contributed by atoms with Crippen LogP contribution in [0.5, 0.6) is 5.75 Å². The summed E-state index contributed by atoms with van der Waals surface area (Å²) in [5.41, 5.74) is 2.07. The van der Waals surface area contributed by atoms with Gasteiger partial charge in [0, 0.05) is 49.9 Å². The third-order valence-corrected chi connectivity index (χ3v) is 6.38. The average molecular weight is 446 g/mol. The molecule has 2 aromatic rings. The minimum absolute atomic E-state index is 0.148. The fourth-order valence-electron chi connectivity index (χ4n) is 4.45. The summed E-state index contributed by atoms with van der Waals surface area (Å²) in [6.45, 7) is 7.26. The van der Waals surface area contributed by atoms with Crippen LogP contribution in [-0.2, 0) is 0 Å². The molecular formula is C25H27N5O3. The van der Waals surface area contributed by atoms with Crippen LogP contribution in [0.25, 0.3) is 27.8 Å². The maximum Gasteiger partial charge on any atom is 0.328 e. The van der Waals surface area contributed by atoms with E-state index in [2.05, 4.69) is 23.8 Å². The van der Waals surface area contributed by atoms with E-state index in [0.29, 0.717) is 47.3 Å². The fourth-order valence-corrected chi connectivity index (χ4v) is 4.45. The number of rotatable bonds is 3. The Bertz CT molecular complexity index is 1330. The number of amides is 1. The molecule has 8 heteroatoms. The van der Waals surface area contributed by atoms with Crippen LogP contribution in [0.15, 0.2) is 59.5 Å². The molecule has 0 saturated carbocycles. The van der Waals surface area contributed by atoms with E-state index in [9.17, 15) is 9.59 Å². The summed E-state index contributed by atoms with van der Waals surface area (Å²) >= 11 is 0. The van der Waals surface area contributed by atoms with Gasteiger partial charge < -0.3 is 9.64 Å². The van der Waals surface area contributed by atoms with E-state index >= 15 is 0 Å². The molecule has 0 spiro atoms. The highest BCUT2D eigenvalue weighted by Crippen LogP contribution is 2.31. The molecule has 3 aliphatic rings. The highest BCUT2D eigenvalue weighted by Gasteiger charge is 2.27. The van der Waals surface area contributed by atoms with Crippen LogP contribution >= 0.6 is 0 Å². The average Bonchev–Trinajstić information content (AvgIpc) is 3.19. The van der Waals surface area contributed by atoms with Gasteiger partial charge in [-0.3, -0.25) is 14.3 Å². The highest BCUT2D eigenvalue weighted by molar-refractivity contribution is 5.99. The van der Waals surface area contributed by atoms with E-state index in [1.807, 2.05) is 53.4 Å². The van der Waals surface area contributed by atoms with Gasteiger partial charge in [-0.05, 0) is 38.1 Å². The topological polar surface area (TPSA) is 72.6 Å². The molecule has 1 fully saturated rings. The van der Waals surface area contributed by atoms with E-state index < -0.39 is 0 Å². The molecule has 0 radical (unpaired) electrons. The number of nitrogens with zero attached hydrogens (tertiary/aromatic N) is 5. The number of carbonyl (C=O) groups excluding carboxylic acids is 1. The summed E-state index contributed by atoms with van der Waals surface area (Å²) in [6, 6.07) is 15.1. The standard InChI is InChI=1S/C25H27N5O3/c1-17(2)27-11-13-28(14-12-27)25(32)29-16-21-23(20-10-9-19(33-3)15-22(20)29)26-30(24(21)31)18-7-5-4-6-8-18/h4-10,15-17H,11-14H2,1-3H3. The molecule has 8 nitrogen and oxygen atoms in total. The Kier molecular flexibility index (Phi) is 5.38. The first-order chi connectivity index (χ1) is 16.0. The number of hydrogen-bond acceptors (Lipinski definition) is 5. The molecule has 0 unspecified atom stereocenters. The summed E-state index contributed by atoms with van der Waals surface area (Å²) < 4.78 is 8.39. The van der Waals surface area contributed by atoms with Crippen LogP contribution < -0.4 is 10.3 Å². The van der Waals surface area contributed by atoms with Crippen LogP contribution in [0.3, 0.4) is 0 Å². The van der Waals surface area contributed by atoms with Crippen molar-refractivity contribution in [2.24, 2.45) is 0 Å². The third kappa shape index (κ3) is 3.66. The molecular weight excluding hydrogens is 418 g/mol. The SMILES string of the molecule is COc1ccc2c3nn(-c4ccccc4)c(=O)c-3cn(C(=O)N3CCN(C(C)C)CC3)c2c1. The minimum Gasteiger partial charge on any atom is -0.497 e. The second-order valence-electron chi connectivity index (χ2n) is 8.60. The lowest BCUT2D eigenvalue weighted by Gasteiger charge is -2.37. The lowest BCUT2D eigenvalue weighted by molar-refractivity contribution is 0.120. The molecule has 3 heterocycles. The van der Waals surface area contributed by atoms with E-state index in [1.54, 1.807) is 17.9 Å². The van der Waals surface area contributed by atoms with Crippen molar-refractivity contribution >= 4 is 16.9 Å². The van der Waals surface area contributed by atoms with Gasteiger partial charge in [0.2, 0.25) is 0 Å². The molecule has 33 heavy (non-hydrogen) atoms. The number of pyridine rings is 1. The van der Waals surface area contributed by atoms with Gasteiger partial charge >= 0.3 is 6.03 Å². The number of aromatic nitrogens is 3. The second kappa shape index (κ2) is 8.37. The number of carbonyl (C=O) groups is 1. The maximum atomic E-state index is 13.6. The number of ether oxygens (including phenoxy) is 1. The van der Waals surface area contributed by atoms with Crippen LogP contribution in [0, 0.1) is 0 Å². The van der Waals surface area contributed by atoms with Crippen molar-refractivity contribution in [2.45, 2.75) is 19.9 Å². The number of piperazine rings is 1. The second-order valence-corrected chi connectivity index (χ2v) is 8.60. The van der Waals surface area contributed by atoms with Gasteiger partial charge in [-0.1, -0.05) is 18.2 Å². The van der Waals surface area contributed by atoms with Crippen molar-refractivity contribution in [1.82, 2.24) is 24.1 Å². The normalized spacial score (nSPS) is 15.0. The monoisotopic (exact) mass is 445 g/mol. The predicted octanol–water partition coefficient (Wildman–Crippen LogP) is 3.29. The van der Waals surface area contributed by atoms with Crippen molar-refractivity contribution in [3.05, 3.63) is 65.1 Å². The summed E-state index contributed by atoms with van der Waals surface area (Å²) in [5, 5.41) is 5.36. The van der Waals surface area contributed by atoms with E-state index in [-0.39, 0.29) is 11.6 Å². The number of hydrogen-bond donors (Lipinski definition) is 0. The molecule has 0 atom stereocenters. The summed E-state index contributed by atoms with van der Waals surface area (Å²) in [6.07, 6.45) is 1.63. The molecule has 3 aliphatic heterocycles. The Morgan fingerprint density at radius 2 is 1.76 bits per heavy atom. The zero-order chi connectivity index (χ0) is 23.1. The first-order valence-electron chi connectivity index (χ1n) is 11.2. The largest absolute Gasteiger partial charge is 0.497 e. The lowest BCUT2D eigenvalue weighted by atomic mass is 10.1. The molecule has 1 amide bonds. The fraction of sp³-hybridized carbons (Fsp3) is 0.320. The van der Waals surface area contributed by atoms with Crippen molar-refractivity contribution < 1.29 is 9.53 Å². The Labute approximate surface area is 191 Å². The first-order valence-corrected chi connectivity index (χ1v) is 11.2. The van der Waals surface area contributed by atoms with Crippen molar-refractivity contribution in [1.29, 1.82) is 0 Å². The van der Waals surface area contributed by atoms with Gasteiger partial charge in [-0.25, -0.2) is 4.79 Å². The summed E-state index contributed by atoms with van der Waals surface area (Å²) in [4.78, 5) is 31.1.